The summed E-state index contributed by atoms with van der Waals surface area (Å²) in [5.74, 6) is 0.458. The lowest BCUT2D eigenvalue weighted by Crippen LogP contribution is -2.83. The number of aliphatic imine (C=N–C) groups is 1. The van der Waals surface area contributed by atoms with Crippen molar-refractivity contribution in [3.8, 4) is 0 Å². The van der Waals surface area contributed by atoms with E-state index in [-0.39, 0.29) is 5.91 Å². The lowest BCUT2D eigenvalue weighted by atomic mass is 10.1. The molecule has 25 heavy (non-hydrogen) atoms. The molecular weight excluding hydrogens is 316 g/mol. The molecular formula is C18H19N6O+. The Morgan fingerprint density at radius 1 is 1.24 bits per heavy atom. The number of hydrogen-bond acceptors (Lipinski definition) is 5. The normalized spacial score (nSPS) is 14.0. The van der Waals surface area contributed by atoms with Gasteiger partial charge in [-0.3, -0.25) is 15.1 Å². The highest BCUT2D eigenvalue weighted by molar-refractivity contribution is 6.11. The Bertz CT molecular complexity index is 840. The first-order chi connectivity index (χ1) is 12.2. The number of nitrogens with one attached hydrogen (secondary N) is 2. The average molecular weight is 335 g/mol. The van der Waals surface area contributed by atoms with E-state index in [9.17, 15) is 4.79 Å². The van der Waals surface area contributed by atoms with E-state index < -0.39 is 0 Å². The third-order valence-electron chi connectivity index (χ3n) is 3.80. The van der Waals surface area contributed by atoms with Gasteiger partial charge in [-0.05, 0) is 24.3 Å². The number of quaternary nitrogens is 1. The molecule has 0 bridgehead atoms. The number of hydrogen-bond donors (Lipinski definition) is 4. The average Bonchev–Trinajstić information content (AvgIpc) is 2.64. The van der Waals surface area contributed by atoms with E-state index in [0.717, 1.165) is 5.69 Å². The van der Waals surface area contributed by atoms with E-state index in [1.54, 1.807) is 24.4 Å². The Morgan fingerprint density at radius 2 is 2.04 bits per heavy atom. The molecule has 0 fully saturated rings. The van der Waals surface area contributed by atoms with Gasteiger partial charge in [0.1, 0.15) is 11.4 Å². The second kappa shape index (κ2) is 7.50. The summed E-state index contributed by atoms with van der Waals surface area (Å²) in [5, 5.41) is 12.2. The standard InChI is InChI=1S/C18H18N6O/c19-11-14-15(20)8-10-22-17(14)23-12-4-6-13(7-5-12)24-18(25)16-3-1-2-9-21-16/h1-7,9,11,19H,8,10,20H2,(H,22,23)(H,24,25)/p+1. The first-order valence-electron chi connectivity index (χ1n) is 7.88. The highest BCUT2D eigenvalue weighted by atomic mass is 16.1. The number of carbonyl (C=O) groups is 1. The minimum Gasteiger partial charge on any atom is -0.401 e. The second-order valence-electron chi connectivity index (χ2n) is 5.54. The van der Waals surface area contributed by atoms with Gasteiger partial charge in [-0.15, -0.1) is 0 Å². The largest absolute Gasteiger partial charge is 0.401 e. The van der Waals surface area contributed by atoms with Crippen LogP contribution >= 0.6 is 0 Å². The SMILES string of the molecule is N=CC1=C(N)CCN=C1[NH2+]c1ccc(NC(=O)c2ccccn2)cc1. The van der Waals surface area contributed by atoms with Crippen molar-refractivity contribution in [2.75, 3.05) is 11.9 Å². The summed E-state index contributed by atoms with van der Waals surface area (Å²) in [6.45, 7) is 0.632. The fourth-order valence-electron chi connectivity index (χ4n) is 2.48. The van der Waals surface area contributed by atoms with Crippen LogP contribution in [0.25, 0.3) is 0 Å². The van der Waals surface area contributed by atoms with Crippen LogP contribution in [0.3, 0.4) is 0 Å². The Kier molecular flexibility index (Phi) is 4.96. The lowest BCUT2D eigenvalue weighted by Gasteiger charge is -2.13. The van der Waals surface area contributed by atoms with Gasteiger partial charge in [0.25, 0.3) is 5.91 Å². The van der Waals surface area contributed by atoms with Gasteiger partial charge in [0, 0.05) is 42.3 Å². The molecule has 0 saturated heterocycles. The molecule has 0 spiro atoms. The molecule has 1 aliphatic rings. The Morgan fingerprint density at radius 3 is 2.72 bits per heavy atom. The number of amides is 1. The van der Waals surface area contributed by atoms with Crippen molar-refractivity contribution in [1.29, 1.82) is 5.41 Å². The zero-order chi connectivity index (χ0) is 17.6. The summed E-state index contributed by atoms with van der Waals surface area (Å²) < 4.78 is 0. The minimum atomic E-state index is -0.254. The molecule has 0 aliphatic carbocycles. The molecule has 2 heterocycles. The second-order valence-corrected chi connectivity index (χ2v) is 5.54. The monoisotopic (exact) mass is 335 g/mol. The van der Waals surface area contributed by atoms with Crippen molar-refractivity contribution in [1.82, 2.24) is 4.98 Å². The molecule has 0 saturated carbocycles. The number of anilines is 1. The topological polar surface area (TPSA) is 121 Å². The zero-order valence-electron chi connectivity index (χ0n) is 13.6. The summed E-state index contributed by atoms with van der Waals surface area (Å²) in [6, 6.07) is 12.6. The van der Waals surface area contributed by atoms with E-state index in [0.29, 0.717) is 41.5 Å². The van der Waals surface area contributed by atoms with Crippen LogP contribution in [0.1, 0.15) is 16.9 Å². The van der Waals surface area contributed by atoms with Crippen molar-refractivity contribution in [3.05, 3.63) is 65.6 Å². The molecule has 7 heteroatoms. The third-order valence-corrected chi connectivity index (χ3v) is 3.80. The zero-order valence-corrected chi connectivity index (χ0v) is 13.6. The number of pyridine rings is 1. The number of aromatic nitrogens is 1. The summed E-state index contributed by atoms with van der Waals surface area (Å²) >= 11 is 0. The maximum Gasteiger partial charge on any atom is 0.274 e. The molecule has 3 rings (SSSR count). The van der Waals surface area contributed by atoms with Gasteiger partial charge in [-0.2, -0.15) is 0 Å². The summed E-state index contributed by atoms with van der Waals surface area (Å²) in [7, 11) is 0. The fraction of sp³-hybridized carbons (Fsp3) is 0.111. The Balaban J connectivity index is 1.68. The number of nitrogens with two attached hydrogens (primary N) is 2. The number of rotatable bonds is 4. The summed E-state index contributed by atoms with van der Waals surface area (Å²) in [6.07, 6.45) is 3.50. The smallest absolute Gasteiger partial charge is 0.274 e. The number of nitrogens with zero attached hydrogens (tertiary/aromatic N) is 2. The van der Waals surface area contributed by atoms with Crippen molar-refractivity contribution in [2.45, 2.75) is 6.42 Å². The molecule has 2 aromatic rings. The van der Waals surface area contributed by atoms with E-state index in [1.165, 1.54) is 6.21 Å². The lowest BCUT2D eigenvalue weighted by molar-refractivity contribution is -0.442. The third kappa shape index (κ3) is 3.96. The molecule has 0 radical (unpaired) electrons. The van der Waals surface area contributed by atoms with E-state index >= 15 is 0 Å². The van der Waals surface area contributed by atoms with E-state index in [2.05, 4.69) is 15.3 Å². The summed E-state index contributed by atoms with van der Waals surface area (Å²) in [4.78, 5) is 20.5. The Labute approximate surface area is 145 Å². The van der Waals surface area contributed by atoms with Gasteiger partial charge in [0.05, 0.1) is 12.1 Å². The molecule has 7 nitrogen and oxygen atoms in total. The van der Waals surface area contributed by atoms with Crippen LogP contribution in [0.5, 0.6) is 0 Å². The molecule has 6 N–H and O–H groups in total. The van der Waals surface area contributed by atoms with Crippen molar-refractivity contribution in [3.63, 3.8) is 0 Å². The predicted molar refractivity (Wildman–Crippen MR) is 97.1 cm³/mol. The summed E-state index contributed by atoms with van der Waals surface area (Å²) in [5.41, 5.74) is 9.27. The van der Waals surface area contributed by atoms with Crippen molar-refractivity contribution < 1.29 is 10.1 Å². The molecule has 1 aliphatic heterocycles. The highest BCUT2D eigenvalue weighted by Gasteiger charge is 2.18. The van der Waals surface area contributed by atoms with Crippen molar-refractivity contribution >= 4 is 29.3 Å². The molecule has 126 valence electrons. The minimum absolute atomic E-state index is 0.254. The van der Waals surface area contributed by atoms with Gasteiger partial charge < -0.3 is 16.5 Å². The number of dihydropyridines is 1. The van der Waals surface area contributed by atoms with Gasteiger partial charge >= 0.3 is 0 Å². The number of benzene rings is 1. The Hall–Kier alpha value is -3.32. The molecule has 0 atom stereocenters. The van der Waals surface area contributed by atoms with Gasteiger partial charge in [-0.1, -0.05) is 6.07 Å². The van der Waals surface area contributed by atoms with Gasteiger partial charge in [0.2, 0.25) is 5.84 Å². The van der Waals surface area contributed by atoms with Crippen LogP contribution in [0.4, 0.5) is 11.4 Å². The highest BCUT2D eigenvalue weighted by Crippen LogP contribution is 2.12. The van der Waals surface area contributed by atoms with Crippen molar-refractivity contribution in [2.24, 2.45) is 10.7 Å². The van der Waals surface area contributed by atoms with Crippen LogP contribution in [-0.4, -0.2) is 29.5 Å². The van der Waals surface area contributed by atoms with Crippen LogP contribution in [0.15, 0.2) is 64.9 Å². The van der Waals surface area contributed by atoms with Crippen LogP contribution in [-0.2, 0) is 0 Å². The number of carbonyl (C=O) groups excluding carboxylic acids is 1. The first-order valence-corrected chi connectivity index (χ1v) is 7.88. The predicted octanol–water partition coefficient (Wildman–Crippen LogP) is 1.19. The van der Waals surface area contributed by atoms with E-state index in [1.807, 2.05) is 29.6 Å². The van der Waals surface area contributed by atoms with Gasteiger partial charge in [-0.25, -0.2) is 4.99 Å². The number of amidine groups is 1. The van der Waals surface area contributed by atoms with Crippen LogP contribution < -0.4 is 16.4 Å². The quantitative estimate of drug-likeness (QED) is 0.496. The van der Waals surface area contributed by atoms with Crippen LogP contribution in [0.2, 0.25) is 0 Å². The fourth-order valence-corrected chi connectivity index (χ4v) is 2.48. The van der Waals surface area contributed by atoms with Gasteiger partial charge in [0.15, 0.2) is 0 Å². The first kappa shape index (κ1) is 16.5. The maximum atomic E-state index is 12.1. The van der Waals surface area contributed by atoms with E-state index in [4.69, 9.17) is 11.1 Å². The maximum absolute atomic E-state index is 12.1. The molecule has 1 aromatic carbocycles. The molecule has 1 aromatic heterocycles. The van der Waals surface area contributed by atoms with Crippen LogP contribution in [0, 0.1) is 5.41 Å². The molecule has 1 amide bonds. The molecule has 0 unspecified atom stereocenters.